The molecule has 9 heteroatoms. The standard InChI is InChI=1S/C18H21FN4O3S/c1-9(2)16-21-22(8-15(24)20-10-6-18(3,26)7-10)17(25)12-4-13-11(23(12)16)5-14(19)27-13/h4-5,9-10,26H,6-8H2,1-3H3,(H,20,24)/t10-,18+. The summed E-state index contributed by atoms with van der Waals surface area (Å²) >= 11 is 0.979. The molecule has 3 aromatic rings. The molecular formula is C18H21FN4O3S. The first-order chi connectivity index (χ1) is 12.6. The number of nitrogens with one attached hydrogen (secondary N) is 1. The van der Waals surface area contributed by atoms with Gasteiger partial charge in [0, 0.05) is 18.0 Å². The van der Waals surface area contributed by atoms with Crippen LogP contribution in [0.2, 0.25) is 0 Å². The van der Waals surface area contributed by atoms with Gasteiger partial charge in [-0.25, -0.2) is 4.68 Å². The van der Waals surface area contributed by atoms with Crippen LogP contribution in [0.4, 0.5) is 4.39 Å². The van der Waals surface area contributed by atoms with E-state index >= 15 is 0 Å². The van der Waals surface area contributed by atoms with Gasteiger partial charge in [0.05, 0.1) is 15.8 Å². The summed E-state index contributed by atoms with van der Waals surface area (Å²) in [6.07, 6.45) is 0.996. The van der Waals surface area contributed by atoms with Gasteiger partial charge in [0.1, 0.15) is 17.9 Å². The molecule has 0 atom stereocenters. The number of amides is 1. The highest BCUT2D eigenvalue weighted by molar-refractivity contribution is 7.17. The molecule has 0 saturated heterocycles. The van der Waals surface area contributed by atoms with Crippen LogP contribution in [0.5, 0.6) is 0 Å². The van der Waals surface area contributed by atoms with E-state index in [1.807, 2.05) is 13.8 Å². The molecule has 1 saturated carbocycles. The van der Waals surface area contributed by atoms with E-state index in [1.165, 1.54) is 6.07 Å². The second-order valence-corrected chi connectivity index (χ2v) is 8.84. The molecule has 27 heavy (non-hydrogen) atoms. The Morgan fingerprint density at radius 3 is 2.78 bits per heavy atom. The highest BCUT2D eigenvalue weighted by atomic mass is 32.1. The van der Waals surface area contributed by atoms with Gasteiger partial charge in [-0.3, -0.25) is 14.0 Å². The number of fused-ring (bicyclic) bond motifs is 3. The minimum Gasteiger partial charge on any atom is -0.390 e. The van der Waals surface area contributed by atoms with Crippen LogP contribution in [0.1, 0.15) is 45.4 Å². The van der Waals surface area contributed by atoms with Gasteiger partial charge in [0.2, 0.25) is 5.91 Å². The number of carbonyl (C=O) groups excluding carboxylic acids is 1. The number of nitrogens with zero attached hydrogens (tertiary/aromatic N) is 3. The molecule has 2 N–H and O–H groups in total. The number of carbonyl (C=O) groups is 1. The Morgan fingerprint density at radius 2 is 2.15 bits per heavy atom. The zero-order chi connectivity index (χ0) is 19.5. The first-order valence-corrected chi connectivity index (χ1v) is 9.69. The average molecular weight is 392 g/mol. The van der Waals surface area contributed by atoms with E-state index in [0.29, 0.717) is 34.4 Å². The number of aromatic nitrogens is 3. The largest absolute Gasteiger partial charge is 0.390 e. The molecule has 0 aliphatic heterocycles. The van der Waals surface area contributed by atoms with Crippen LogP contribution in [0.3, 0.4) is 0 Å². The lowest BCUT2D eigenvalue weighted by molar-refractivity contribution is -0.125. The second-order valence-electron chi connectivity index (χ2n) is 7.81. The highest BCUT2D eigenvalue weighted by Crippen LogP contribution is 2.31. The van der Waals surface area contributed by atoms with Gasteiger partial charge < -0.3 is 10.4 Å². The first kappa shape index (κ1) is 18.1. The number of aliphatic hydroxyl groups is 1. The third-order valence-corrected chi connectivity index (χ3v) is 5.77. The molecule has 3 heterocycles. The van der Waals surface area contributed by atoms with Crippen molar-refractivity contribution in [3.05, 3.63) is 33.4 Å². The molecule has 0 aromatic carbocycles. The van der Waals surface area contributed by atoms with E-state index in [1.54, 1.807) is 17.4 Å². The van der Waals surface area contributed by atoms with Gasteiger partial charge in [-0.2, -0.15) is 9.49 Å². The minimum atomic E-state index is -0.732. The molecule has 7 nitrogen and oxygen atoms in total. The number of halogens is 1. The predicted octanol–water partition coefficient (Wildman–Crippen LogP) is 2.00. The van der Waals surface area contributed by atoms with E-state index in [4.69, 9.17) is 0 Å². The van der Waals surface area contributed by atoms with E-state index in [2.05, 4.69) is 10.4 Å². The van der Waals surface area contributed by atoms with E-state index in [9.17, 15) is 19.1 Å². The van der Waals surface area contributed by atoms with E-state index in [-0.39, 0.29) is 35.1 Å². The molecule has 3 aromatic heterocycles. The molecule has 1 aliphatic carbocycles. The van der Waals surface area contributed by atoms with Crippen molar-refractivity contribution in [2.75, 3.05) is 0 Å². The Morgan fingerprint density at radius 1 is 1.44 bits per heavy atom. The third-order valence-electron chi connectivity index (χ3n) is 4.91. The molecular weight excluding hydrogens is 371 g/mol. The maximum absolute atomic E-state index is 13.6. The lowest BCUT2D eigenvalue weighted by Crippen LogP contribution is -2.54. The third kappa shape index (κ3) is 3.14. The van der Waals surface area contributed by atoms with Gasteiger partial charge in [-0.05, 0) is 25.8 Å². The summed E-state index contributed by atoms with van der Waals surface area (Å²) in [6.45, 7) is 5.40. The summed E-state index contributed by atoms with van der Waals surface area (Å²) in [5, 5.41) is 16.7. The molecule has 1 aliphatic rings. The summed E-state index contributed by atoms with van der Waals surface area (Å²) in [7, 11) is 0. The smallest absolute Gasteiger partial charge is 0.291 e. The fourth-order valence-electron chi connectivity index (χ4n) is 3.71. The SMILES string of the molecule is CC(C)c1nn(CC(=O)N[C@H]2C[C@@](C)(O)C2)c(=O)c2cc3sc(F)cc3n12. The van der Waals surface area contributed by atoms with E-state index in [0.717, 1.165) is 16.0 Å². The van der Waals surface area contributed by atoms with Crippen molar-refractivity contribution >= 4 is 33.0 Å². The Labute approximate surface area is 158 Å². The molecule has 1 fully saturated rings. The summed E-state index contributed by atoms with van der Waals surface area (Å²) in [5.74, 6) is 0.253. The Balaban J connectivity index is 1.70. The molecule has 0 bridgehead atoms. The molecule has 0 spiro atoms. The monoisotopic (exact) mass is 392 g/mol. The molecule has 4 rings (SSSR count). The van der Waals surface area contributed by atoms with Gasteiger partial charge in [0.15, 0.2) is 5.13 Å². The van der Waals surface area contributed by atoms with Gasteiger partial charge in [-0.1, -0.05) is 13.8 Å². The van der Waals surface area contributed by atoms with Crippen molar-refractivity contribution in [3.63, 3.8) is 0 Å². The zero-order valence-corrected chi connectivity index (χ0v) is 16.1. The molecule has 1 amide bonds. The van der Waals surface area contributed by atoms with Gasteiger partial charge >= 0.3 is 0 Å². The molecule has 0 radical (unpaired) electrons. The van der Waals surface area contributed by atoms with Crippen LogP contribution >= 0.6 is 11.3 Å². The summed E-state index contributed by atoms with van der Waals surface area (Å²) < 4.78 is 17.1. The molecule has 0 unspecified atom stereocenters. The Kier molecular flexibility index (Phi) is 4.12. The maximum Gasteiger partial charge on any atom is 0.291 e. The summed E-state index contributed by atoms with van der Waals surface area (Å²) in [4.78, 5) is 25.2. The Bertz CT molecular complexity index is 1100. The van der Waals surface area contributed by atoms with Crippen molar-refractivity contribution in [3.8, 4) is 0 Å². The van der Waals surface area contributed by atoms with Crippen LogP contribution < -0.4 is 10.9 Å². The van der Waals surface area contributed by atoms with Crippen molar-refractivity contribution in [1.82, 2.24) is 19.5 Å². The lowest BCUT2D eigenvalue weighted by atomic mass is 9.77. The fraction of sp³-hybridized carbons (Fsp3) is 0.500. The number of hydrogen-bond donors (Lipinski definition) is 2. The van der Waals surface area contributed by atoms with Crippen molar-refractivity contribution in [2.24, 2.45) is 0 Å². The zero-order valence-electron chi connectivity index (χ0n) is 15.3. The quantitative estimate of drug-likeness (QED) is 0.711. The normalized spacial score (nSPS) is 22.5. The van der Waals surface area contributed by atoms with Crippen LogP contribution in [0.25, 0.3) is 15.7 Å². The van der Waals surface area contributed by atoms with Crippen LogP contribution in [0.15, 0.2) is 16.9 Å². The molecule has 144 valence electrons. The predicted molar refractivity (Wildman–Crippen MR) is 101 cm³/mol. The second kappa shape index (κ2) is 6.13. The number of hydrogen-bond acceptors (Lipinski definition) is 5. The van der Waals surface area contributed by atoms with Gasteiger partial charge in [-0.15, -0.1) is 11.3 Å². The number of thiophene rings is 1. The minimum absolute atomic E-state index is 0.0253. The van der Waals surface area contributed by atoms with Crippen LogP contribution in [-0.4, -0.2) is 36.8 Å². The van der Waals surface area contributed by atoms with Crippen molar-refractivity contribution in [1.29, 1.82) is 0 Å². The van der Waals surface area contributed by atoms with Crippen molar-refractivity contribution < 1.29 is 14.3 Å². The lowest BCUT2D eigenvalue weighted by Gasteiger charge is -2.41. The summed E-state index contributed by atoms with van der Waals surface area (Å²) in [6, 6.07) is 2.97. The summed E-state index contributed by atoms with van der Waals surface area (Å²) in [5.41, 5.74) is -0.119. The van der Waals surface area contributed by atoms with Crippen LogP contribution in [0, 0.1) is 5.13 Å². The first-order valence-electron chi connectivity index (χ1n) is 8.88. The topological polar surface area (TPSA) is 88.6 Å². The van der Waals surface area contributed by atoms with Gasteiger partial charge in [0.25, 0.3) is 5.56 Å². The van der Waals surface area contributed by atoms with Crippen LogP contribution in [-0.2, 0) is 11.3 Å². The fourth-order valence-corrected chi connectivity index (χ4v) is 4.51. The number of rotatable bonds is 4. The van der Waals surface area contributed by atoms with E-state index < -0.39 is 5.60 Å². The highest BCUT2D eigenvalue weighted by Gasteiger charge is 2.39. The van der Waals surface area contributed by atoms with Crippen molar-refractivity contribution in [2.45, 2.75) is 57.7 Å². The average Bonchev–Trinajstić information content (AvgIpc) is 3.04. The Hall–Kier alpha value is -2.26. The maximum atomic E-state index is 13.6.